The fourth-order valence-corrected chi connectivity index (χ4v) is 2.51. The second-order valence-corrected chi connectivity index (χ2v) is 5.71. The van der Waals surface area contributed by atoms with Crippen molar-refractivity contribution in [2.45, 2.75) is 12.8 Å². The van der Waals surface area contributed by atoms with Gasteiger partial charge < -0.3 is 16.0 Å². The van der Waals surface area contributed by atoms with Crippen molar-refractivity contribution in [3.05, 3.63) is 46.7 Å². The molecule has 7 heteroatoms. The highest BCUT2D eigenvalue weighted by Crippen LogP contribution is 2.16. The Morgan fingerprint density at radius 2 is 1.70 bits per heavy atom. The van der Waals surface area contributed by atoms with Gasteiger partial charge in [-0.3, -0.25) is 9.59 Å². The summed E-state index contributed by atoms with van der Waals surface area (Å²) in [6, 6.07) is 10.7. The molecule has 0 aliphatic rings. The van der Waals surface area contributed by atoms with Crippen molar-refractivity contribution in [3.63, 3.8) is 0 Å². The quantitative estimate of drug-likeness (QED) is 0.668. The third-order valence-corrected chi connectivity index (χ3v) is 3.87. The van der Waals surface area contributed by atoms with E-state index in [9.17, 15) is 9.59 Å². The van der Waals surface area contributed by atoms with Crippen LogP contribution in [-0.4, -0.2) is 25.4 Å². The molecule has 0 aliphatic heterocycles. The van der Waals surface area contributed by atoms with E-state index in [0.29, 0.717) is 17.0 Å². The number of anilines is 2. The third-order valence-electron chi connectivity index (χ3n) is 3.00. The maximum absolute atomic E-state index is 11.9. The van der Waals surface area contributed by atoms with Crippen LogP contribution in [0.5, 0.6) is 0 Å². The minimum absolute atomic E-state index is 0. The highest BCUT2D eigenvalue weighted by atomic mass is 35.5. The van der Waals surface area contributed by atoms with Crippen LogP contribution >= 0.6 is 23.7 Å². The Bertz CT molecular complexity index is 615. The molecule has 0 spiro atoms. The average Bonchev–Trinajstić information content (AvgIpc) is 3.04. The number of carbonyl (C=O) groups is 2. The first-order valence-electron chi connectivity index (χ1n) is 7.08. The van der Waals surface area contributed by atoms with E-state index in [4.69, 9.17) is 0 Å². The van der Waals surface area contributed by atoms with Crippen molar-refractivity contribution in [2.24, 2.45) is 0 Å². The van der Waals surface area contributed by atoms with E-state index in [1.165, 1.54) is 11.3 Å². The molecule has 0 saturated carbocycles. The molecule has 2 aromatic rings. The number of thiophene rings is 1. The van der Waals surface area contributed by atoms with Gasteiger partial charge >= 0.3 is 0 Å². The van der Waals surface area contributed by atoms with Crippen molar-refractivity contribution in [1.82, 2.24) is 5.32 Å². The van der Waals surface area contributed by atoms with Crippen LogP contribution in [0, 0.1) is 0 Å². The molecule has 0 fully saturated rings. The van der Waals surface area contributed by atoms with E-state index in [1.54, 1.807) is 30.3 Å². The van der Waals surface area contributed by atoms with Gasteiger partial charge in [-0.2, -0.15) is 0 Å². The van der Waals surface area contributed by atoms with E-state index in [2.05, 4.69) is 16.0 Å². The van der Waals surface area contributed by atoms with Crippen molar-refractivity contribution >= 4 is 46.9 Å². The molecule has 3 N–H and O–H groups in total. The maximum atomic E-state index is 11.9. The molecule has 23 heavy (non-hydrogen) atoms. The summed E-state index contributed by atoms with van der Waals surface area (Å²) in [5.74, 6) is -0.135. The van der Waals surface area contributed by atoms with Gasteiger partial charge in [0, 0.05) is 17.8 Å². The lowest BCUT2D eigenvalue weighted by molar-refractivity contribution is -0.116. The summed E-state index contributed by atoms with van der Waals surface area (Å²) in [5, 5.41) is 10.5. The molecule has 1 aromatic heterocycles. The van der Waals surface area contributed by atoms with Gasteiger partial charge in [-0.15, -0.1) is 23.7 Å². The normalized spacial score (nSPS) is 9.78. The summed E-state index contributed by atoms with van der Waals surface area (Å²) in [5.41, 5.74) is 1.43. The SMILES string of the molecule is CNCCCC(=O)Nc1ccc(NC(=O)c2cccs2)cc1.Cl. The van der Waals surface area contributed by atoms with Crippen LogP contribution in [0.1, 0.15) is 22.5 Å². The molecule has 0 unspecified atom stereocenters. The van der Waals surface area contributed by atoms with Crippen LogP contribution in [-0.2, 0) is 4.79 Å². The summed E-state index contributed by atoms with van der Waals surface area (Å²) >= 11 is 1.40. The largest absolute Gasteiger partial charge is 0.326 e. The minimum atomic E-state index is -0.126. The first kappa shape index (κ1) is 19.2. The lowest BCUT2D eigenvalue weighted by Crippen LogP contribution is -2.15. The third kappa shape index (κ3) is 6.40. The van der Waals surface area contributed by atoms with E-state index < -0.39 is 0 Å². The average molecular weight is 354 g/mol. The molecule has 0 atom stereocenters. The zero-order chi connectivity index (χ0) is 15.8. The Balaban J connectivity index is 0.00000264. The molecular weight excluding hydrogens is 334 g/mol. The predicted molar refractivity (Wildman–Crippen MR) is 97.8 cm³/mol. The topological polar surface area (TPSA) is 70.2 Å². The number of halogens is 1. The summed E-state index contributed by atoms with van der Waals surface area (Å²) in [6.45, 7) is 0.821. The van der Waals surface area contributed by atoms with Gasteiger partial charge in [-0.05, 0) is 55.7 Å². The van der Waals surface area contributed by atoms with Gasteiger partial charge in [-0.1, -0.05) is 6.07 Å². The van der Waals surface area contributed by atoms with E-state index >= 15 is 0 Å². The molecule has 1 heterocycles. The highest BCUT2D eigenvalue weighted by Gasteiger charge is 2.07. The second kappa shape index (κ2) is 9.99. The van der Waals surface area contributed by atoms with Gasteiger partial charge in [0.05, 0.1) is 4.88 Å². The Hall–Kier alpha value is -1.89. The van der Waals surface area contributed by atoms with Gasteiger partial charge in [0.2, 0.25) is 5.91 Å². The van der Waals surface area contributed by atoms with Gasteiger partial charge in [0.1, 0.15) is 0 Å². The Labute approximate surface area is 145 Å². The lowest BCUT2D eigenvalue weighted by atomic mass is 10.2. The maximum Gasteiger partial charge on any atom is 0.265 e. The summed E-state index contributed by atoms with van der Waals surface area (Å²) in [7, 11) is 1.86. The van der Waals surface area contributed by atoms with Gasteiger partial charge in [-0.25, -0.2) is 0 Å². The molecule has 1 aromatic carbocycles. The summed E-state index contributed by atoms with van der Waals surface area (Å²) in [4.78, 5) is 24.3. The Morgan fingerprint density at radius 3 is 2.26 bits per heavy atom. The van der Waals surface area contributed by atoms with Crippen LogP contribution in [0.15, 0.2) is 41.8 Å². The molecule has 2 rings (SSSR count). The van der Waals surface area contributed by atoms with Crippen molar-refractivity contribution in [3.8, 4) is 0 Å². The Kier molecular flexibility index (Phi) is 8.32. The Morgan fingerprint density at radius 1 is 1.04 bits per heavy atom. The van der Waals surface area contributed by atoms with Crippen molar-refractivity contribution in [2.75, 3.05) is 24.2 Å². The monoisotopic (exact) mass is 353 g/mol. The van der Waals surface area contributed by atoms with Crippen LogP contribution in [0.2, 0.25) is 0 Å². The molecule has 124 valence electrons. The number of hydrogen-bond donors (Lipinski definition) is 3. The molecule has 0 radical (unpaired) electrons. The zero-order valence-electron chi connectivity index (χ0n) is 12.8. The van der Waals surface area contributed by atoms with E-state index in [0.717, 1.165) is 18.7 Å². The lowest BCUT2D eigenvalue weighted by Gasteiger charge is -2.07. The number of rotatable bonds is 7. The van der Waals surface area contributed by atoms with E-state index in [1.807, 2.05) is 18.5 Å². The minimum Gasteiger partial charge on any atom is -0.326 e. The highest BCUT2D eigenvalue weighted by molar-refractivity contribution is 7.12. The van der Waals surface area contributed by atoms with Gasteiger partial charge in [0.15, 0.2) is 0 Å². The number of amides is 2. The van der Waals surface area contributed by atoms with Crippen molar-refractivity contribution in [1.29, 1.82) is 0 Å². The molecule has 0 bridgehead atoms. The molecular formula is C16H20ClN3O2S. The standard InChI is InChI=1S/C16H19N3O2S.ClH/c1-17-10-2-5-15(20)18-12-6-8-13(9-7-12)19-16(21)14-4-3-11-22-14;/h3-4,6-9,11,17H,2,5,10H2,1H3,(H,18,20)(H,19,21);1H. The van der Waals surface area contributed by atoms with E-state index in [-0.39, 0.29) is 24.2 Å². The molecule has 5 nitrogen and oxygen atoms in total. The van der Waals surface area contributed by atoms with Gasteiger partial charge in [0.25, 0.3) is 5.91 Å². The smallest absolute Gasteiger partial charge is 0.265 e. The number of nitrogens with one attached hydrogen (secondary N) is 3. The van der Waals surface area contributed by atoms with Crippen LogP contribution in [0.3, 0.4) is 0 Å². The van der Waals surface area contributed by atoms with Crippen LogP contribution in [0.25, 0.3) is 0 Å². The second-order valence-electron chi connectivity index (χ2n) is 4.76. The number of hydrogen-bond acceptors (Lipinski definition) is 4. The first-order valence-corrected chi connectivity index (χ1v) is 7.96. The molecule has 0 saturated heterocycles. The number of carbonyl (C=O) groups excluding carboxylic acids is 2. The molecule has 2 amide bonds. The number of benzene rings is 1. The van der Waals surface area contributed by atoms with Crippen LogP contribution in [0.4, 0.5) is 11.4 Å². The fourth-order valence-electron chi connectivity index (χ4n) is 1.89. The fraction of sp³-hybridized carbons (Fsp3) is 0.250. The first-order chi connectivity index (χ1) is 10.7. The summed E-state index contributed by atoms with van der Waals surface area (Å²) < 4.78 is 0. The molecule has 0 aliphatic carbocycles. The van der Waals surface area contributed by atoms with Crippen molar-refractivity contribution < 1.29 is 9.59 Å². The summed E-state index contributed by atoms with van der Waals surface area (Å²) in [6.07, 6.45) is 1.29. The van der Waals surface area contributed by atoms with Crippen LogP contribution < -0.4 is 16.0 Å². The predicted octanol–water partition coefficient (Wildman–Crippen LogP) is 3.36. The zero-order valence-corrected chi connectivity index (χ0v) is 14.4.